The van der Waals surface area contributed by atoms with Crippen molar-refractivity contribution in [3.05, 3.63) is 35.1 Å². The van der Waals surface area contributed by atoms with Crippen LogP contribution in [-0.4, -0.2) is 21.3 Å². The third-order valence-electron chi connectivity index (χ3n) is 5.27. The molecule has 0 heterocycles. The largest absolute Gasteiger partial charge is 0.343 e. The van der Waals surface area contributed by atoms with E-state index in [-0.39, 0.29) is 0 Å². The molecule has 0 saturated carbocycles. The molecule has 3 nitrogen and oxygen atoms in total. The van der Waals surface area contributed by atoms with Crippen LogP contribution in [0.1, 0.15) is 89.5 Å². The second-order valence-electron chi connectivity index (χ2n) is 7.77. The number of hydrogen-bond acceptors (Lipinski definition) is 3. The average molecular weight is 405 g/mol. The van der Waals surface area contributed by atoms with Gasteiger partial charge in [0.2, 0.25) is 0 Å². The van der Waals surface area contributed by atoms with Crippen molar-refractivity contribution in [1.29, 1.82) is 0 Å². The predicted molar refractivity (Wildman–Crippen MR) is 104 cm³/mol. The lowest BCUT2D eigenvalue weighted by atomic mass is 9.92. The Balaban J connectivity index is 2.23. The molecule has 1 aromatic carbocycles. The van der Waals surface area contributed by atoms with E-state index in [4.69, 9.17) is 0 Å². The highest BCUT2D eigenvalue weighted by atomic mass is 19.2. The van der Waals surface area contributed by atoms with Gasteiger partial charge >= 0.3 is 0 Å². The van der Waals surface area contributed by atoms with E-state index in [0.717, 1.165) is 50.7 Å². The normalized spacial score (nSPS) is 13.1. The van der Waals surface area contributed by atoms with Crippen LogP contribution in [0.5, 0.6) is 0 Å². The predicted octanol–water partition coefficient (Wildman–Crippen LogP) is 5.59. The van der Waals surface area contributed by atoms with E-state index in [1.807, 2.05) is 0 Å². The van der Waals surface area contributed by atoms with E-state index in [9.17, 15) is 28.5 Å². The summed E-state index contributed by atoms with van der Waals surface area (Å²) in [4.78, 5) is 0. The van der Waals surface area contributed by atoms with Crippen LogP contribution in [0, 0.1) is 23.4 Å². The lowest BCUT2D eigenvalue weighted by molar-refractivity contribution is -0.344. The summed E-state index contributed by atoms with van der Waals surface area (Å²) in [6, 6.07) is 2.04. The Kier molecular flexibility index (Phi) is 11.7. The first-order valence-electron chi connectivity index (χ1n) is 10.6. The third-order valence-corrected chi connectivity index (χ3v) is 5.27. The summed E-state index contributed by atoms with van der Waals surface area (Å²) in [7, 11) is 0. The van der Waals surface area contributed by atoms with Gasteiger partial charge in [0.05, 0.1) is 0 Å². The van der Waals surface area contributed by atoms with Crippen molar-refractivity contribution in [3.63, 3.8) is 0 Å². The Hall–Kier alpha value is -1.11. The van der Waals surface area contributed by atoms with Crippen molar-refractivity contribution in [3.8, 4) is 0 Å². The molecule has 1 rings (SSSR count). The smallest absolute Gasteiger partial charge is 0.278 e. The molecule has 6 heteroatoms. The zero-order chi connectivity index (χ0) is 21.0. The quantitative estimate of drug-likeness (QED) is 0.203. The Labute approximate surface area is 166 Å². The lowest BCUT2D eigenvalue weighted by Crippen LogP contribution is -2.37. The second kappa shape index (κ2) is 13.2. The van der Waals surface area contributed by atoms with Gasteiger partial charge < -0.3 is 15.3 Å². The van der Waals surface area contributed by atoms with Gasteiger partial charge in [0.25, 0.3) is 5.97 Å². The molecule has 0 bridgehead atoms. The maximum Gasteiger partial charge on any atom is 0.278 e. The van der Waals surface area contributed by atoms with Gasteiger partial charge in [-0.15, -0.1) is 0 Å². The summed E-state index contributed by atoms with van der Waals surface area (Å²) in [5.41, 5.74) is 0.428. The van der Waals surface area contributed by atoms with E-state index in [0.29, 0.717) is 31.2 Å². The lowest BCUT2D eigenvalue weighted by Gasteiger charge is -2.26. The van der Waals surface area contributed by atoms with Crippen LogP contribution in [0.4, 0.5) is 13.2 Å². The van der Waals surface area contributed by atoms with Crippen LogP contribution < -0.4 is 0 Å². The van der Waals surface area contributed by atoms with Crippen LogP contribution >= 0.6 is 0 Å². The minimum atomic E-state index is -2.65. The highest BCUT2D eigenvalue weighted by Gasteiger charge is 2.30. The highest BCUT2D eigenvalue weighted by Crippen LogP contribution is 2.26. The molecule has 1 unspecified atom stereocenters. The molecule has 0 fully saturated rings. The number of halogens is 3. The molecule has 1 aromatic rings. The van der Waals surface area contributed by atoms with Gasteiger partial charge in [-0.1, -0.05) is 64.7 Å². The second-order valence-corrected chi connectivity index (χ2v) is 7.77. The SMILES string of the molecule is CCCCCCCCC(CCCCCCc1cc(F)c(F)c(F)c1)C(O)(O)O. The summed E-state index contributed by atoms with van der Waals surface area (Å²) in [5.74, 6) is -7.00. The molecule has 162 valence electrons. The molecule has 0 aliphatic rings. The van der Waals surface area contributed by atoms with Gasteiger partial charge in [-0.2, -0.15) is 0 Å². The zero-order valence-corrected chi connectivity index (χ0v) is 16.9. The zero-order valence-electron chi connectivity index (χ0n) is 16.9. The summed E-state index contributed by atoms with van der Waals surface area (Å²) >= 11 is 0. The van der Waals surface area contributed by atoms with Crippen molar-refractivity contribution in [2.45, 2.75) is 96.4 Å². The molecular weight excluding hydrogens is 369 g/mol. The Morgan fingerprint density at radius 1 is 0.750 bits per heavy atom. The first-order chi connectivity index (χ1) is 13.3. The number of benzene rings is 1. The summed E-state index contributed by atoms with van der Waals surface area (Å²) in [5, 5.41) is 28.7. The first kappa shape index (κ1) is 24.9. The minimum absolute atomic E-state index is 0.428. The van der Waals surface area contributed by atoms with Gasteiger partial charge in [-0.3, -0.25) is 0 Å². The number of unbranched alkanes of at least 4 members (excludes halogenated alkanes) is 8. The van der Waals surface area contributed by atoms with E-state index in [2.05, 4.69) is 6.92 Å². The van der Waals surface area contributed by atoms with Crippen molar-refractivity contribution >= 4 is 0 Å². The van der Waals surface area contributed by atoms with E-state index >= 15 is 0 Å². The number of hydrogen-bond donors (Lipinski definition) is 3. The fourth-order valence-electron chi connectivity index (χ4n) is 3.53. The van der Waals surface area contributed by atoms with Gasteiger partial charge in [0.15, 0.2) is 17.5 Å². The van der Waals surface area contributed by atoms with Crippen LogP contribution in [0.2, 0.25) is 0 Å². The van der Waals surface area contributed by atoms with E-state index in [1.54, 1.807) is 0 Å². The Bertz CT molecular complexity index is 535. The fourth-order valence-corrected chi connectivity index (χ4v) is 3.53. The molecule has 28 heavy (non-hydrogen) atoms. The maximum absolute atomic E-state index is 13.2. The Morgan fingerprint density at radius 3 is 1.71 bits per heavy atom. The van der Waals surface area contributed by atoms with Crippen molar-refractivity contribution in [2.24, 2.45) is 5.92 Å². The van der Waals surface area contributed by atoms with Crippen LogP contribution in [0.25, 0.3) is 0 Å². The number of rotatable bonds is 15. The molecule has 1 atom stereocenters. The minimum Gasteiger partial charge on any atom is -0.343 e. The number of aryl methyl sites for hydroxylation is 1. The topological polar surface area (TPSA) is 60.7 Å². The monoisotopic (exact) mass is 404 g/mol. The van der Waals surface area contributed by atoms with Gasteiger partial charge in [0, 0.05) is 5.92 Å². The molecule has 0 spiro atoms. The molecular formula is C22H35F3O3. The van der Waals surface area contributed by atoms with Crippen molar-refractivity contribution in [1.82, 2.24) is 0 Å². The maximum atomic E-state index is 13.2. The van der Waals surface area contributed by atoms with E-state index in [1.165, 1.54) is 19.3 Å². The van der Waals surface area contributed by atoms with Crippen LogP contribution in [-0.2, 0) is 6.42 Å². The standard InChI is InChI=1S/C22H35F3O3/c1-2-3-4-5-6-10-13-18(22(26,27)28)14-11-8-7-9-12-17-15-19(23)21(25)20(24)16-17/h15-16,18,26-28H,2-14H2,1H3. The molecule has 0 aromatic heterocycles. The van der Waals surface area contributed by atoms with Crippen LogP contribution in [0.15, 0.2) is 12.1 Å². The molecule has 3 N–H and O–H groups in total. The Morgan fingerprint density at radius 2 is 1.21 bits per heavy atom. The van der Waals surface area contributed by atoms with Gasteiger partial charge in [0.1, 0.15) is 0 Å². The van der Waals surface area contributed by atoms with E-state index < -0.39 is 29.3 Å². The summed E-state index contributed by atoms with van der Waals surface area (Å²) < 4.78 is 39.3. The van der Waals surface area contributed by atoms with Gasteiger partial charge in [-0.25, -0.2) is 13.2 Å². The summed E-state index contributed by atoms with van der Waals surface area (Å²) in [6.45, 7) is 2.16. The van der Waals surface area contributed by atoms with Crippen molar-refractivity contribution < 1.29 is 28.5 Å². The summed E-state index contributed by atoms with van der Waals surface area (Å²) in [6.07, 6.45) is 11.2. The third kappa shape index (κ3) is 9.89. The van der Waals surface area contributed by atoms with Gasteiger partial charge in [-0.05, 0) is 43.4 Å². The fraction of sp³-hybridized carbons (Fsp3) is 0.727. The first-order valence-corrected chi connectivity index (χ1v) is 10.6. The average Bonchev–Trinajstić information content (AvgIpc) is 2.62. The molecule has 0 amide bonds. The van der Waals surface area contributed by atoms with Crippen molar-refractivity contribution in [2.75, 3.05) is 0 Å². The molecule has 0 radical (unpaired) electrons. The number of aliphatic hydroxyl groups is 3. The van der Waals surface area contributed by atoms with Crippen LogP contribution in [0.3, 0.4) is 0 Å². The highest BCUT2D eigenvalue weighted by molar-refractivity contribution is 5.19. The molecule has 0 aliphatic carbocycles. The molecule has 0 saturated heterocycles. The molecule has 0 aliphatic heterocycles.